The lowest BCUT2D eigenvalue weighted by molar-refractivity contribution is -0.140. The molecule has 4 nitrogen and oxygen atoms in total. The molecule has 0 aliphatic rings. The molecule has 0 unspecified atom stereocenters. The lowest BCUT2D eigenvalue weighted by Crippen LogP contribution is -2.23. The first kappa shape index (κ1) is 19.7. The molecule has 0 saturated heterocycles. The maximum absolute atomic E-state index is 12.4. The van der Waals surface area contributed by atoms with Crippen LogP contribution in [0.25, 0.3) is 0 Å². The molecule has 3 N–H and O–H groups in total. The number of aromatic nitrogens is 1. The van der Waals surface area contributed by atoms with Crippen LogP contribution in [0.1, 0.15) is 16.3 Å². The highest BCUT2D eigenvalue weighted by molar-refractivity contribution is 14.0. The molecule has 0 spiro atoms. The van der Waals surface area contributed by atoms with E-state index in [4.69, 9.17) is 5.73 Å². The fourth-order valence-electron chi connectivity index (χ4n) is 1.65. The topological polar surface area (TPSA) is 63.3 Å². The Balaban J connectivity index is 0.00000264. The van der Waals surface area contributed by atoms with Crippen molar-refractivity contribution in [1.29, 1.82) is 0 Å². The summed E-state index contributed by atoms with van der Waals surface area (Å²) >= 11 is 0.972. The van der Waals surface area contributed by atoms with E-state index in [1.165, 1.54) is 0 Å². The van der Waals surface area contributed by atoms with Gasteiger partial charge >= 0.3 is 6.18 Å². The van der Waals surface area contributed by atoms with Crippen molar-refractivity contribution < 1.29 is 13.2 Å². The number of alkyl halides is 3. The number of nitrogens with two attached hydrogens (primary N) is 1. The zero-order valence-corrected chi connectivity index (χ0v) is 15.4. The summed E-state index contributed by atoms with van der Waals surface area (Å²) in [5.74, 6) is 0.219. The van der Waals surface area contributed by atoms with Gasteiger partial charge in [-0.15, -0.1) is 35.3 Å². The lowest BCUT2D eigenvalue weighted by Gasteiger charge is -2.05. The molecule has 126 valence electrons. The van der Waals surface area contributed by atoms with E-state index in [1.807, 2.05) is 31.2 Å². The largest absolute Gasteiger partial charge is 0.434 e. The van der Waals surface area contributed by atoms with Crippen molar-refractivity contribution >= 4 is 47.0 Å². The summed E-state index contributed by atoms with van der Waals surface area (Å²) in [6.45, 7) is 2.25. The number of benzene rings is 1. The maximum atomic E-state index is 12.4. The summed E-state index contributed by atoms with van der Waals surface area (Å²) in [6.07, 6.45) is -4.08. The van der Waals surface area contributed by atoms with Crippen LogP contribution in [0.2, 0.25) is 0 Å². The van der Waals surface area contributed by atoms with Gasteiger partial charge < -0.3 is 11.1 Å². The predicted molar refractivity (Wildman–Crippen MR) is 97.5 cm³/mol. The van der Waals surface area contributed by atoms with Gasteiger partial charge in [-0.05, 0) is 19.1 Å². The molecule has 1 aromatic heterocycles. The van der Waals surface area contributed by atoms with Crippen molar-refractivity contribution in [3.05, 3.63) is 45.9 Å². The molecule has 0 bridgehead atoms. The summed E-state index contributed by atoms with van der Waals surface area (Å²) in [4.78, 5) is 7.61. The number of hydrogen-bond donors (Lipinski definition) is 2. The van der Waals surface area contributed by atoms with Crippen LogP contribution < -0.4 is 11.1 Å². The third-order valence-electron chi connectivity index (χ3n) is 2.77. The number of halogens is 4. The third-order valence-corrected chi connectivity index (χ3v) is 3.68. The quantitative estimate of drug-likeness (QED) is 0.415. The van der Waals surface area contributed by atoms with Gasteiger partial charge in [0, 0.05) is 24.0 Å². The molecule has 2 aromatic rings. The fourth-order valence-corrected chi connectivity index (χ4v) is 2.45. The molecule has 9 heteroatoms. The summed E-state index contributed by atoms with van der Waals surface area (Å²) < 4.78 is 37.2. The summed E-state index contributed by atoms with van der Waals surface area (Å²) in [7, 11) is 0. The lowest BCUT2D eigenvalue weighted by atomic mass is 10.2. The van der Waals surface area contributed by atoms with Gasteiger partial charge in [0.05, 0.1) is 5.01 Å². The SMILES string of the molecule is Cc1ccc(NC(N)=NCCc2nc(C(F)(F)F)cs2)cc1.I. The Morgan fingerprint density at radius 3 is 2.52 bits per heavy atom. The monoisotopic (exact) mass is 456 g/mol. The number of aryl methyl sites for hydroxylation is 1. The van der Waals surface area contributed by atoms with E-state index >= 15 is 0 Å². The molecule has 0 aliphatic heterocycles. The van der Waals surface area contributed by atoms with Gasteiger partial charge in [-0.1, -0.05) is 17.7 Å². The highest BCUT2D eigenvalue weighted by atomic mass is 127. The first-order chi connectivity index (χ1) is 10.3. The minimum absolute atomic E-state index is 0. The standard InChI is InChI=1S/C14H15F3N4S.HI/c1-9-2-4-10(5-3-9)20-13(18)19-7-6-12-21-11(8-22-12)14(15,16)17;/h2-5,8H,6-7H2,1H3,(H3,18,19,20);1H. The first-order valence-electron chi connectivity index (χ1n) is 6.50. The molecular formula is C14H16F3IN4S. The van der Waals surface area contributed by atoms with Crippen LogP contribution in [0.4, 0.5) is 18.9 Å². The molecule has 0 atom stereocenters. The smallest absolute Gasteiger partial charge is 0.370 e. The number of thiazole rings is 1. The molecule has 1 heterocycles. The number of aliphatic imine (C=N–C) groups is 1. The van der Waals surface area contributed by atoms with Gasteiger partial charge in [0.25, 0.3) is 0 Å². The Morgan fingerprint density at radius 2 is 1.96 bits per heavy atom. The normalized spacial score (nSPS) is 11.9. The Hall–Kier alpha value is -1.36. The third kappa shape index (κ3) is 6.34. The van der Waals surface area contributed by atoms with Gasteiger partial charge in [0.15, 0.2) is 11.7 Å². The van der Waals surface area contributed by atoms with E-state index in [2.05, 4.69) is 15.3 Å². The van der Waals surface area contributed by atoms with E-state index < -0.39 is 11.9 Å². The number of hydrogen-bond acceptors (Lipinski definition) is 3. The summed E-state index contributed by atoms with van der Waals surface area (Å²) in [5.41, 5.74) is 6.80. The van der Waals surface area contributed by atoms with Crippen molar-refractivity contribution in [1.82, 2.24) is 4.98 Å². The van der Waals surface area contributed by atoms with E-state index in [1.54, 1.807) is 0 Å². The van der Waals surface area contributed by atoms with Crippen molar-refractivity contribution in [2.75, 3.05) is 11.9 Å². The van der Waals surface area contributed by atoms with Crippen LogP contribution in [0.15, 0.2) is 34.6 Å². The second-order valence-electron chi connectivity index (χ2n) is 4.63. The number of anilines is 1. The van der Waals surface area contributed by atoms with Crippen molar-refractivity contribution in [2.24, 2.45) is 10.7 Å². The molecule has 0 fully saturated rings. The van der Waals surface area contributed by atoms with Crippen LogP contribution >= 0.6 is 35.3 Å². The van der Waals surface area contributed by atoms with Crippen LogP contribution in [-0.2, 0) is 12.6 Å². The molecule has 0 amide bonds. The molecule has 0 aliphatic carbocycles. The average molecular weight is 456 g/mol. The van der Waals surface area contributed by atoms with Crippen molar-refractivity contribution in [3.63, 3.8) is 0 Å². The van der Waals surface area contributed by atoms with E-state index in [0.717, 1.165) is 28.0 Å². The van der Waals surface area contributed by atoms with E-state index in [9.17, 15) is 13.2 Å². The Labute approximate surface area is 153 Å². The Kier molecular flexibility index (Phi) is 7.26. The minimum atomic E-state index is -4.40. The fraction of sp³-hybridized carbons (Fsp3) is 0.286. The zero-order chi connectivity index (χ0) is 16.2. The van der Waals surface area contributed by atoms with Crippen LogP contribution in [0.5, 0.6) is 0 Å². The van der Waals surface area contributed by atoms with Crippen molar-refractivity contribution in [3.8, 4) is 0 Å². The number of rotatable bonds is 4. The van der Waals surface area contributed by atoms with Crippen LogP contribution in [-0.4, -0.2) is 17.5 Å². The van der Waals surface area contributed by atoms with E-state index in [-0.39, 0.29) is 36.5 Å². The minimum Gasteiger partial charge on any atom is -0.370 e. The second-order valence-corrected chi connectivity index (χ2v) is 5.57. The van der Waals surface area contributed by atoms with Crippen molar-refractivity contribution in [2.45, 2.75) is 19.5 Å². The summed E-state index contributed by atoms with van der Waals surface area (Å²) in [5, 5.41) is 4.31. The molecule has 1 aromatic carbocycles. The Morgan fingerprint density at radius 1 is 1.30 bits per heavy atom. The second kappa shape index (κ2) is 8.48. The first-order valence-corrected chi connectivity index (χ1v) is 7.38. The predicted octanol–water partition coefficient (Wildman–Crippen LogP) is 4.06. The molecule has 2 rings (SSSR count). The summed E-state index contributed by atoms with van der Waals surface area (Å²) in [6, 6.07) is 7.61. The van der Waals surface area contributed by atoms with Crippen LogP contribution in [0, 0.1) is 6.92 Å². The van der Waals surface area contributed by atoms with Gasteiger partial charge in [0.1, 0.15) is 0 Å². The molecule has 0 radical (unpaired) electrons. The van der Waals surface area contributed by atoms with Gasteiger partial charge in [0.2, 0.25) is 0 Å². The van der Waals surface area contributed by atoms with Gasteiger partial charge in [-0.25, -0.2) is 4.98 Å². The van der Waals surface area contributed by atoms with E-state index in [0.29, 0.717) is 11.4 Å². The maximum Gasteiger partial charge on any atom is 0.434 e. The highest BCUT2D eigenvalue weighted by Gasteiger charge is 2.33. The highest BCUT2D eigenvalue weighted by Crippen LogP contribution is 2.30. The van der Waals surface area contributed by atoms with Gasteiger partial charge in [-0.3, -0.25) is 4.99 Å². The molecule has 0 saturated carbocycles. The zero-order valence-electron chi connectivity index (χ0n) is 12.2. The number of guanidine groups is 1. The number of nitrogens with one attached hydrogen (secondary N) is 1. The molecular weight excluding hydrogens is 440 g/mol. The van der Waals surface area contributed by atoms with Gasteiger partial charge in [-0.2, -0.15) is 13.2 Å². The van der Waals surface area contributed by atoms with Crippen LogP contribution in [0.3, 0.4) is 0 Å². The molecule has 23 heavy (non-hydrogen) atoms. The number of nitrogens with zero attached hydrogens (tertiary/aromatic N) is 2. The Bertz CT molecular complexity index is 653. The average Bonchev–Trinajstić information content (AvgIpc) is 2.90.